The van der Waals surface area contributed by atoms with Crippen molar-refractivity contribution in [2.24, 2.45) is 0 Å². The van der Waals surface area contributed by atoms with E-state index in [1.54, 1.807) is 11.9 Å². The Morgan fingerprint density at radius 3 is 2.70 bits per heavy atom. The van der Waals surface area contributed by atoms with Crippen LogP contribution in [0.5, 0.6) is 0 Å². The van der Waals surface area contributed by atoms with Gasteiger partial charge in [-0.25, -0.2) is 4.79 Å². The number of nitrogens with one attached hydrogen (secondary N) is 1. The summed E-state index contributed by atoms with van der Waals surface area (Å²) in [6, 6.07) is -0.644. The van der Waals surface area contributed by atoms with Gasteiger partial charge in [-0.15, -0.1) is 0 Å². The fraction of sp³-hybridized carbons (Fsp3) is 0.769. The lowest BCUT2D eigenvalue weighted by Gasteiger charge is -2.33. The van der Waals surface area contributed by atoms with Gasteiger partial charge in [0.05, 0.1) is 0 Å². The highest BCUT2D eigenvalue weighted by Gasteiger charge is 2.27. The fourth-order valence-electron chi connectivity index (χ4n) is 2.18. The van der Waals surface area contributed by atoms with Gasteiger partial charge in [0.2, 0.25) is 5.91 Å². The first-order chi connectivity index (χ1) is 9.35. The number of aliphatic carboxylic acids is 1. The molecular weight excluding hydrogens is 262 g/mol. The number of likely N-dealkylation sites (N-methyl/N-ethyl adjacent to an activating group) is 1. The number of rotatable bonds is 5. The predicted molar refractivity (Wildman–Crippen MR) is 73.3 cm³/mol. The van der Waals surface area contributed by atoms with Crippen molar-refractivity contribution in [3.8, 4) is 0 Å². The van der Waals surface area contributed by atoms with Gasteiger partial charge in [-0.1, -0.05) is 6.92 Å². The molecule has 20 heavy (non-hydrogen) atoms. The largest absolute Gasteiger partial charge is 0.480 e. The molecule has 2 N–H and O–H groups in total. The van der Waals surface area contributed by atoms with Gasteiger partial charge >= 0.3 is 12.0 Å². The van der Waals surface area contributed by atoms with Gasteiger partial charge in [0.15, 0.2) is 0 Å². The number of carbonyl (C=O) groups excluding carboxylic acids is 2. The van der Waals surface area contributed by atoms with Crippen molar-refractivity contribution in [3.05, 3.63) is 0 Å². The number of hydrogen-bond acceptors (Lipinski definition) is 3. The number of hydrogen-bond donors (Lipinski definition) is 2. The van der Waals surface area contributed by atoms with Crippen molar-refractivity contribution in [2.75, 3.05) is 20.1 Å². The molecule has 1 aliphatic rings. The number of carboxylic acids is 1. The van der Waals surface area contributed by atoms with Crippen LogP contribution in [0.2, 0.25) is 0 Å². The highest BCUT2D eigenvalue weighted by Crippen LogP contribution is 2.11. The van der Waals surface area contributed by atoms with Crippen LogP contribution in [-0.2, 0) is 9.59 Å². The SMILES string of the molecule is CCC(C)N(CC(=O)O)C(=O)NC1CCC(=O)N(C)C1. The Morgan fingerprint density at radius 2 is 2.20 bits per heavy atom. The van der Waals surface area contributed by atoms with Crippen LogP contribution in [-0.4, -0.2) is 65.0 Å². The molecule has 0 saturated carbocycles. The third kappa shape index (κ3) is 4.40. The number of carboxylic acid groups (broad SMARTS) is 1. The van der Waals surface area contributed by atoms with Crippen LogP contribution >= 0.6 is 0 Å². The number of likely N-dealkylation sites (tertiary alicyclic amines) is 1. The highest BCUT2D eigenvalue weighted by molar-refractivity contribution is 5.81. The molecule has 1 rings (SSSR count). The number of piperidine rings is 1. The molecule has 1 saturated heterocycles. The molecule has 2 unspecified atom stereocenters. The lowest BCUT2D eigenvalue weighted by molar-refractivity contribution is -0.138. The van der Waals surface area contributed by atoms with Crippen molar-refractivity contribution >= 4 is 17.9 Å². The molecule has 1 aliphatic heterocycles. The second-order valence-electron chi connectivity index (χ2n) is 5.24. The summed E-state index contributed by atoms with van der Waals surface area (Å²) in [5.41, 5.74) is 0. The van der Waals surface area contributed by atoms with E-state index in [9.17, 15) is 14.4 Å². The molecule has 2 atom stereocenters. The Balaban J connectivity index is 2.61. The maximum absolute atomic E-state index is 12.2. The number of nitrogens with zero attached hydrogens (tertiary/aromatic N) is 2. The van der Waals surface area contributed by atoms with Crippen LogP contribution in [0.1, 0.15) is 33.1 Å². The average Bonchev–Trinajstić information content (AvgIpc) is 2.39. The average molecular weight is 285 g/mol. The summed E-state index contributed by atoms with van der Waals surface area (Å²) < 4.78 is 0. The summed E-state index contributed by atoms with van der Waals surface area (Å²) in [5, 5.41) is 11.7. The first-order valence-corrected chi connectivity index (χ1v) is 6.88. The quantitative estimate of drug-likeness (QED) is 0.769. The van der Waals surface area contributed by atoms with Crippen molar-refractivity contribution < 1.29 is 19.5 Å². The molecule has 7 heteroatoms. The normalized spacial score (nSPS) is 20.4. The monoisotopic (exact) mass is 285 g/mol. The predicted octanol–water partition coefficient (Wildman–Crippen LogP) is 0.502. The van der Waals surface area contributed by atoms with Crippen molar-refractivity contribution in [2.45, 2.75) is 45.2 Å². The van der Waals surface area contributed by atoms with Crippen LogP contribution in [0.15, 0.2) is 0 Å². The van der Waals surface area contributed by atoms with Crippen LogP contribution in [0.3, 0.4) is 0 Å². The minimum absolute atomic E-state index is 0.0693. The molecular formula is C13H23N3O4. The van der Waals surface area contributed by atoms with E-state index < -0.39 is 5.97 Å². The molecule has 0 radical (unpaired) electrons. The standard InChI is InChI=1S/C13H23N3O4/c1-4-9(2)16(8-12(18)19)13(20)14-10-5-6-11(17)15(3)7-10/h9-10H,4-8H2,1-3H3,(H,14,20)(H,18,19). The summed E-state index contributed by atoms with van der Waals surface area (Å²) in [6.07, 6.45) is 1.68. The summed E-state index contributed by atoms with van der Waals surface area (Å²) in [7, 11) is 1.70. The lowest BCUT2D eigenvalue weighted by atomic mass is 10.1. The van der Waals surface area contributed by atoms with Crippen molar-refractivity contribution in [3.63, 3.8) is 0 Å². The second-order valence-corrected chi connectivity index (χ2v) is 5.24. The maximum Gasteiger partial charge on any atom is 0.323 e. The van der Waals surface area contributed by atoms with E-state index in [2.05, 4.69) is 5.32 Å². The van der Waals surface area contributed by atoms with Gasteiger partial charge in [-0.2, -0.15) is 0 Å². The van der Waals surface area contributed by atoms with E-state index in [0.29, 0.717) is 25.8 Å². The van der Waals surface area contributed by atoms with Gasteiger partial charge in [-0.3, -0.25) is 9.59 Å². The molecule has 7 nitrogen and oxygen atoms in total. The van der Waals surface area contributed by atoms with E-state index in [1.807, 2.05) is 13.8 Å². The second kappa shape index (κ2) is 7.12. The Hall–Kier alpha value is -1.79. The molecule has 0 spiro atoms. The first-order valence-electron chi connectivity index (χ1n) is 6.88. The molecule has 3 amide bonds. The zero-order valence-electron chi connectivity index (χ0n) is 12.3. The highest BCUT2D eigenvalue weighted by atomic mass is 16.4. The van der Waals surface area contributed by atoms with Crippen LogP contribution in [0.4, 0.5) is 4.79 Å². The van der Waals surface area contributed by atoms with Gasteiger partial charge in [-0.05, 0) is 19.8 Å². The fourth-order valence-corrected chi connectivity index (χ4v) is 2.18. The van der Waals surface area contributed by atoms with Gasteiger partial charge < -0.3 is 20.2 Å². The number of urea groups is 1. The van der Waals surface area contributed by atoms with E-state index in [4.69, 9.17) is 5.11 Å². The van der Waals surface area contributed by atoms with Crippen LogP contribution < -0.4 is 5.32 Å². The minimum Gasteiger partial charge on any atom is -0.480 e. The third-order valence-corrected chi connectivity index (χ3v) is 3.64. The molecule has 0 aromatic carbocycles. The number of carbonyl (C=O) groups is 3. The van der Waals surface area contributed by atoms with Gasteiger partial charge in [0.1, 0.15) is 6.54 Å². The van der Waals surface area contributed by atoms with E-state index in [0.717, 1.165) is 0 Å². The lowest BCUT2D eigenvalue weighted by Crippen LogP contribution is -2.54. The molecule has 0 aliphatic carbocycles. The topological polar surface area (TPSA) is 90.0 Å². The van der Waals surface area contributed by atoms with E-state index in [1.165, 1.54) is 4.90 Å². The van der Waals surface area contributed by atoms with Crippen molar-refractivity contribution in [1.82, 2.24) is 15.1 Å². The van der Waals surface area contributed by atoms with Crippen LogP contribution in [0, 0.1) is 0 Å². The van der Waals surface area contributed by atoms with E-state index in [-0.39, 0.29) is 30.6 Å². The Morgan fingerprint density at radius 1 is 1.55 bits per heavy atom. The molecule has 0 aromatic rings. The molecule has 114 valence electrons. The summed E-state index contributed by atoms with van der Waals surface area (Å²) >= 11 is 0. The zero-order chi connectivity index (χ0) is 15.3. The molecule has 1 heterocycles. The van der Waals surface area contributed by atoms with Gasteiger partial charge in [0.25, 0.3) is 0 Å². The third-order valence-electron chi connectivity index (χ3n) is 3.64. The van der Waals surface area contributed by atoms with E-state index >= 15 is 0 Å². The first kappa shape index (κ1) is 16.3. The Labute approximate surface area is 118 Å². The van der Waals surface area contributed by atoms with Gasteiger partial charge in [0, 0.05) is 32.1 Å². The minimum atomic E-state index is -1.03. The molecule has 1 fully saturated rings. The van der Waals surface area contributed by atoms with Crippen molar-refractivity contribution in [1.29, 1.82) is 0 Å². The Bertz CT molecular complexity index is 386. The summed E-state index contributed by atoms with van der Waals surface area (Å²) in [4.78, 5) is 37.3. The Kier molecular flexibility index (Phi) is 5.79. The number of amides is 3. The smallest absolute Gasteiger partial charge is 0.323 e. The molecule has 0 aromatic heterocycles. The maximum atomic E-state index is 12.2. The van der Waals surface area contributed by atoms with Crippen LogP contribution in [0.25, 0.3) is 0 Å². The zero-order valence-corrected chi connectivity index (χ0v) is 12.3. The molecule has 0 bridgehead atoms. The summed E-state index contributed by atoms with van der Waals surface area (Å²) in [6.45, 7) is 3.87. The summed E-state index contributed by atoms with van der Waals surface area (Å²) in [5.74, 6) is -0.962.